The van der Waals surface area contributed by atoms with Crippen LogP contribution >= 0.6 is 0 Å². The molecule has 0 spiro atoms. The Morgan fingerprint density at radius 1 is 0.964 bits per heavy atom. The molecule has 5 nitrogen and oxygen atoms in total. The van der Waals surface area contributed by atoms with Crippen LogP contribution in [0.15, 0.2) is 23.2 Å². The van der Waals surface area contributed by atoms with Crippen molar-refractivity contribution in [3.63, 3.8) is 0 Å². The number of rotatable bonds is 6. The maximum atomic E-state index is 13.3. The van der Waals surface area contributed by atoms with Gasteiger partial charge in [-0.3, -0.25) is 4.90 Å². The topological polar surface area (TPSA) is 54.3 Å². The van der Waals surface area contributed by atoms with Crippen molar-refractivity contribution in [3.05, 3.63) is 51.8 Å². The lowest BCUT2D eigenvalue weighted by molar-refractivity contribution is 0.238. The Morgan fingerprint density at radius 3 is 2.00 bits per heavy atom. The van der Waals surface area contributed by atoms with E-state index in [1.54, 1.807) is 0 Å². The molecule has 0 saturated carbocycles. The molecule has 0 aliphatic carbocycles. The molecule has 1 fully saturated rings. The summed E-state index contributed by atoms with van der Waals surface area (Å²) in [5, 5.41) is 0. The minimum atomic E-state index is -3.60. The highest BCUT2D eigenvalue weighted by Gasteiger charge is 2.29. The average Bonchev–Trinajstić information content (AvgIpc) is 3.31. The fourth-order valence-electron chi connectivity index (χ4n) is 4.42. The second kappa shape index (κ2) is 8.01. The van der Waals surface area contributed by atoms with Gasteiger partial charge in [-0.15, -0.1) is 0 Å². The van der Waals surface area contributed by atoms with Gasteiger partial charge in [0.2, 0.25) is 10.0 Å². The first-order valence-electron chi connectivity index (χ1n) is 10.1. The van der Waals surface area contributed by atoms with E-state index in [-0.39, 0.29) is 6.04 Å². The van der Waals surface area contributed by atoms with Gasteiger partial charge in [0.25, 0.3) is 0 Å². The summed E-state index contributed by atoms with van der Waals surface area (Å²) in [6.07, 6.45) is 4.36. The fourth-order valence-corrected chi connectivity index (χ4v) is 6.06. The molecule has 1 atom stereocenters. The van der Waals surface area contributed by atoms with Crippen molar-refractivity contribution in [2.24, 2.45) is 7.05 Å². The second-order valence-corrected chi connectivity index (χ2v) is 9.81. The lowest BCUT2D eigenvalue weighted by Crippen LogP contribution is -2.38. The Bertz CT molecular complexity index is 941. The highest BCUT2D eigenvalue weighted by atomic mass is 32.2. The van der Waals surface area contributed by atoms with Crippen LogP contribution in [0.5, 0.6) is 0 Å². The van der Waals surface area contributed by atoms with E-state index in [0.717, 1.165) is 41.0 Å². The van der Waals surface area contributed by atoms with Crippen molar-refractivity contribution in [1.29, 1.82) is 0 Å². The van der Waals surface area contributed by atoms with Crippen LogP contribution in [0.3, 0.4) is 0 Å². The van der Waals surface area contributed by atoms with Gasteiger partial charge in [0.1, 0.15) is 0 Å². The molecule has 6 heteroatoms. The third-order valence-electron chi connectivity index (χ3n) is 6.57. The lowest BCUT2D eigenvalue weighted by atomic mass is 9.95. The lowest BCUT2D eigenvalue weighted by Gasteiger charge is -2.29. The van der Waals surface area contributed by atoms with Crippen molar-refractivity contribution < 1.29 is 8.42 Å². The zero-order valence-corrected chi connectivity index (χ0v) is 18.8. The summed E-state index contributed by atoms with van der Waals surface area (Å²) in [7, 11) is -1.58. The molecule has 2 heterocycles. The van der Waals surface area contributed by atoms with Crippen molar-refractivity contribution in [1.82, 2.24) is 14.2 Å². The third kappa shape index (κ3) is 3.78. The van der Waals surface area contributed by atoms with Gasteiger partial charge in [0, 0.05) is 25.5 Å². The van der Waals surface area contributed by atoms with Crippen molar-refractivity contribution in [2.45, 2.75) is 58.4 Å². The van der Waals surface area contributed by atoms with Crippen LogP contribution in [0.4, 0.5) is 0 Å². The Balaban J connectivity index is 1.93. The fraction of sp³-hybridized carbons (Fsp3) is 0.545. The summed E-state index contributed by atoms with van der Waals surface area (Å²) < 4.78 is 31.7. The number of aryl methyl sites for hydroxylation is 1. The van der Waals surface area contributed by atoms with E-state index in [1.807, 2.05) is 47.0 Å². The largest absolute Gasteiger partial charge is 0.353 e. The predicted molar refractivity (Wildman–Crippen MR) is 114 cm³/mol. The van der Waals surface area contributed by atoms with E-state index >= 15 is 0 Å². The van der Waals surface area contributed by atoms with Crippen LogP contribution in [0.2, 0.25) is 0 Å². The van der Waals surface area contributed by atoms with Gasteiger partial charge in [0.15, 0.2) is 0 Å². The van der Waals surface area contributed by atoms with E-state index in [2.05, 4.69) is 27.2 Å². The maximum Gasteiger partial charge on any atom is 0.241 e. The number of benzene rings is 1. The zero-order chi connectivity index (χ0) is 20.6. The first-order valence-corrected chi connectivity index (χ1v) is 11.6. The summed E-state index contributed by atoms with van der Waals surface area (Å²) in [5.41, 5.74) is 6.14. The molecule has 28 heavy (non-hydrogen) atoms. The van der Waals surface area contributed by atoms with Gasteiger partial charge in [-0.1, -0.05) is 0 Å². The average molecular weight is 404 g/mol. The van der Waals surface area contributed by atoms with Crippen LogP contribution in [0.25, 0.3) is 0 Å². The summed E-state index contributed by atoms with van der Waals surface area (Å²) in [6.45, 7) is 12.3. The van der Waals surface area contributed by atoms with Crippen molar-refractivity contribution in [3.8, 4) is 0 Å². The standard InChI is InChI=1S/C22H33N3O2S/c1-15-16(2)18(4)22(19(5)17(15)3)28(26,27)23-14-21(25-12-7-8-13-25)20-10-9-11-24(20)6/h9-11,21,23H,7-8,12-14H2,1-6H3. The smallest absolute Gasteiger partial charge is 0.241 e. The van der Waals surface area contributed by atoms with Crippen LogP contribution in [0, 0.1) is 34.6 Å². The number of nitrogens with zero attached hydrogens (tertiary/aromatic N) is 2. The van der Waals surface area contributed by atoms with E-state index < -0.39 is 10.0 Å². The minimum absolute atomic E-state index is 0.0468. The third-order valence-corrected chi connectivity index (χ3v) is 8.27. The molecule has 1 unspecified atom stereocenters. The molecule has 0 amide bonds. The monoisotopic (exact) mass is 403 g/mol. The van der Waals surface area contributed by atoms with Gasteiger partial charge in [0.05, 0.1) is 10.9 Å². The molecule has 3 rings (SSSR count). The molecular formula is C22H33N3O2S. The Kier molecular flexibility index (Phi) is 6.03. The molecule has 1 N–H and O–H groups in total. The highest BCUT2D eigenvalue weighted by molar-refractivity contribution is 7.89. The molecule has 1 aliphatic rings. The van der Waals surface area contributed by atoms with Crippen molar-refractivity contribution in [2.75, 3.05) is 19.6 Å². The number of likely N-dealkylation sites (tertiary alicyclic amines) is 1. The second-order valence-electron chi connectivity index (χ2n) is 8.11. The SMILES string of the molecule is Cc1c(C)c(C)c(S(=O)(=O)NCC(c2cccn2C)N2CCCC2)c(C)c1C. The van der Waals surface area contributed by atoms with Gasteiger partial charge in [-0.05, 0) is 100 Å². The van der Waals surface area contributed by atoms with Crippen LogP contribution in [-0.2, 0) is 17.1 Å². The first kappa shape index (κ1) is 21.1. The Morgan fingerprint density at radius 2 is 1.50 bits per heavy atom. The zero-order valence-electron chi connectivity index (χ0n) is 18.0. The molecule has 154 valence electrons. The van der Waals surface area contributed by atoms with Crippen LogP contribution in [-0.4, -0.2) is 37.5 Å². The Hall–Kier alpha value is -1.63. The molecule has 0 radical (unpaired) electrons. The normalized spacial score (nSPS) is 16.6. The van der Waals surface area contributed by atoms with E-state index in [1.165, 1.54) is 18.4 Å². The first-order chi connectivity index (χ1) is 13.1. The van der Waals surface area contributed by atoms with Crippen LogP contribution < -0.4 is 4.72 Å². The minimum Gasteiger partial charge on any atom is -0.353 e. The molecular weight excluding hydrogens is 370 g/mol. The molecule has 1 aliphatic heterocycles. The summed E-state index contributed by atoms with van der Waals surface area (Å²) >= 11 is 0. The van der Waals surface area contributed by atoms with Crippen molar-refractivity contribution >= 4 is 10.0 Å². The maximum absolute atomic E-state index is 13.3. The molecule has 1 aromatic carbocycles. The molecule has 1 aromatic heterocycles. The van der Waals surface area contributed by atoms with Gasteiger partial charge in [-0.2, -0.15) is 0 Å². The highest BCUT2D eigenvalue weighted by Crippen LogP contribution is 2.30. The van der Waals surface area contributed by atoms with Crippen LogP contribution in [0.1, 0.15) is 52.4 Å². The number of nitrogens with one attached hydrogen (secondary N) is 1. The quantitative estimate of drug-likeness (QED) is 0.800. The number of sulfonamides is 1. The number of aromatic nitrogens is 1. The molecule has 1 saturated heterocycles. The molecule has 0 bridgehead atoms. The summed E-state index contributed by atoms with van der Waals surface area (Å²) in [4.78, 5) is 2.84. The van der Waals surface area contributed by atoms with Gasteiger partial charge >= 0.3 is 0 Å². The van der Waals surface area contributed by atoms with Gasteiger partial charge in [-0.25, -0.2) is 13.1 Å². The molecule has 2 aromatic rings. The predicted octanol–water partition coefficient (Wildman–Crippen LogP) is 3.68. The van der Waals surface area contributed by atoms with E-state index in [9.17, 15) is 8.42 Å². The summed E-state index contributed by atoms with van der Waals surface area (Å²) in [6, 6.07) is 4.16. The summed E-state index contributed by atoms with van der Waals surface area (Å²) in [5.74, 6) is 0. The van der Waals surface area contributed by atoms with E-state index in [0.29, 0.717) is 11.4 Å². The number of hydrogen-bond acceptors (Lipinski definition) is 3. The Labute approximate surface area is 169 Å². The van der Waals surface area contributed by atoms with E-state index in [4.69, 9.17) is 0 Å². The number of hydrogen-bond donors (Lipinski definition) is 1. The van der Waals surface area contributed by atoms with Gasteiger partial charge < -0.3 is 4.57 Å².